The minimum atomic E-state index is -0.705. The smallest absolute Gasteiger partial charge is 0.242 e. The summed E-state index contributed by atoms with van der Waals surface area (Å²) in [6.07, 6.45) is 3.98. The number of thiazole rings is 1. The van der Waals surface area contributed by atoms with Gasteiger partial charge in [-0.05, 0) is 49.9 Å². The first-order valence-electron chi connectivity index (χ1n) is 11.0. The van der Waals surface area contributed by atoms with Crippen molar-refractivity contribution in [3.63, 3.8) is 0 Å². The van der Waals surface area contributed by atoms with Crippen molar-refractivity contribution in [2.45, 2.75) is 83.9 Å². The molecule has 0 radical (unpaired) electrons. The Morgan fingerprint density at radius 1 is 1.33 bits per heavy atom. The Kier molecular flexibility index (Phi) is 7.20. The van der Waals surface area contributed by atoms with Gasteiger partial charge in [0.15, 0.2) is 0 Å². The van der Waals surface area contributed by atoms with E-state index in [2.05, 4.69) is 17.2 Å². The molecule has 2 fully saturated rings. The fourth-order valence-electron chi connectivity index (χ4n) is 4.55. The summed E-state index contributed by atoms with van der Waals surface area (Å²) in [5, 5.41) is 13.1. The molecule has 1 saturated carbocycles. The number of nitrogens with zero attached hydrogens (tertiary/aromatic N) is 2. The van der Waals surface area contributed by atoms with Gasteiger partial charge in [0.1, 0.15) is 6.04 Å². The van der Waals surface area contributed by atoms with Crippen molar-refractivity contribution in [2.24, 2.45) is 17.1 Å². The first kappa shape index (κ1) is 23.2. The summed E-state index contributed by atoms with van der Waals surface area (Å²) in [5.41, 5.74) is 8.80. The number of aromatic nitrogens is 1. The summed E-state index contributed by atoms with van der Waals surface area (Å²) in [6, 6.07) is -1.35. The van der Waals surface area contributed by atoms with Gasteiger partial charge >= 0.3 is 0 Å². The first-order chi connectivity index (χ1) is 14.1. The summed E-state index contributed by atoms with van der Waals surface area (Å²) in [6.45, 7) is 8.57. The minimum Gasteiger partial charge on any atom is -0.391 e. The molecule has 1 saturated heterocycles. The molecule has 8 heteroatoms. The van der Waals surface area contributed by atoms with E-state index in [9.17, 15) is 14.7 Å². The van der Waals surface area contributed by atoms with E-state index < -0.39 is 23.6 Å². The molecule has 3 rings (SSSR count). The Hall–Kier alpha value is -1.51. The molecule has 2 heterocycles. The molecule has 1 aromatic rings. The van der Waals surface area contributed by atoms with Crippen molar-refractivity contribution in [1.29, 1.82) is 0 Å². The van der Waals surface area contributed by atoms with Crippen molar-refractivity contribution >= 4 is 23.2 Å². The van der Waals surface area contributed by atoms with Gasteiger partial charge in [-0.25, -0.2) is 4.98 Å². The molecule has 3 atom stereocenters. The second kappa shape index (κ2) is 9.32. The van der Waals surface area contributed by atoms with Crippen LogP contribution < -0.4 is 11.1 Å². The molecule has 30 heavy (non-hydrogen) atoms. The predicted molar refractivity (Wildman–Crippen MR) is 118 cm³/mol. The van der Waals surface area contributed by atoms with Crippen molar-refractivity contribution < 1.29 is 14.7 Å². The van der Waals surface area contributed by atoms with Crippen LogP contribution in [-0.2, 0) is 9.59 Å². The summed E-state index contributed by atoms with van der Waals surface area (Å²) in [5.74, 6) is 0.591. The van der Waals surface area contributed by atoms with Crippen LogP contribution in [0.25, 0.3) is 0 Å². The van der Waals surface area contributed by atoms with E-state index in [0.717, 1.165) is 31.4 Å². The van der Waals surface area contributed by atoms with Crippen LogP contribution in [0.15, 0.2) is 5.51 Å². The van der Waals surface area contributed by atoms with Crippen molar-refractivity contribution in [3.8, 4) is 0 Å². The third-order valence-corrected chi connectivity index (χ3v) is 7.72. The second-order valence-electron chi connectivity index (χ2n) is 10.0. The molecule has 0 spiro atoms. The maximum absolute atomic E-state index is 12.9. The van der Waals surface area contributed by atoms with Crippen molar-refractivity contribution in [2.75, 3.05) is 13.1 Å². The molecule has 1 aliphatic carbocycles. The zero-order valence-electron chi connectivity index (χ0n) is 18.6. The SMILES string of the molecule is Cc1ncsc1C1CCC(CNC(=O)C2C[C@@H](O)CN2C(=O)[C@@H](N)C(C)(C)C)CC1. The Morgan fingerprint density at radius 2 is 2.00 bits per heavy atom. The maximum atomic E-state index is 12.9. The number of aryl methyl sites for hydroxylation is 1. The van der Waals surface area contributed by atoms with Gasteiger partial charge in [-0.2, -0.15) is 0 Å². The lowest BCUT2D eigenvalue weighted by Crippen LogP contribution is -2.55. The lowest BCUT2D eigenvalue weighted by atomic mass is 9.81. The van der Waals surface area contributed by atoms with Gasteiger partial charge in [-0.15, -0.1) is 11.3 Å². The number of nitrogens with two attached hydrogens (primary N) is 1. The number of carbonyl (C=O) groups excluding carboxylic acids is 2. The van der Waals surface area contributed by atoms with Gasteiger partial charge in [0.05, 0.1) is 23.4 Å². The van der Waals surface area contributed by atoms with Crippen LogP contribution in [0.3, 0.4) is 0 Å². The zero-order chi connectivity index (χ0) is 22.1. The second-order valence-corrected chi connectivity index (χ2v) is 10.9. The van der Waals surface area contributed by atoms with E-state index in [1.165, 1.54) is 9.78 Å². The van der Waals surface area contributed by atoms with Gasteiger partial charge in [0, 0.05) is 24.4 Å². The van der Waals surface area contributed by atoms with Gasteiger partial charge in [0.2, 0.25) is 11.8 Å². The van der Waals surface area contributed by atoms with Crippen molar-refractivity contribution in [3.05, 3.63) is 16.1 Å². The van der Waals surface area contributed by atoms with Gasteiger partial charge in [-0.1, -0.05) is 20.8 Å². The minimum absolute atomic E-state index is 0.167. The number of hydrogen-bond acceptors (Lipinski definition) is 6. The molecule has 1 aromatic heterocycles. The van der Waals surface area contributed by atoms with Gasteiger partial charge in [0.25, 0.3) is 0 Å². The molecular formula is C22H36N4O3S. The van der Waals surface area contributed by atoms with Crippen LogP contribution >= 0.6 is 11.3 Å². The van der Waals surface area contributed by atoms with E-state index in [1.54, 1.807) is 11.3 Å². The number of hydrogen-bond donors (Lipinski definition) is 3. The number of nitrogens with one attached hydrogen (secondary N) is 1. The molecule has 2 amide bonds. The van der Waals surface area contributed by atoms with Gasteiger partial charge in [-0.3, -0.25) is 9.59 Å². The highest BCUT2D eigenvalue weighted by Gasteiger charge is 2.42. The van der Waals surface area contributed by atoms with Crippen molar-refractivity contribution in [1.82, 2.24) is 15.2 Å². The van der Waals surface area contributed by atoms with E-state index in [-0.39, 0.29) is 24.8 Å². The number of likely N-dealkylation sites (tertiary alicyclic amines) is 1. The number of aliphatic hydroxyl groups is 1. The number of amides is 2. The fraction of sp³-hybridized carbons (Fsp3) is 0.773. The quantitative estimate of drug-likeness (QED) is 0.656. The highest BCUT2D eigenvalue weighted by Crippen LogP contribution is 2.38. The monoisotopic (exact) mass is 436 g/mol. The van der Waals surface area contributed by atoms with E-state index in [1.807, 2.05) is 26.3 Å². The molecule has 168 valence electrons. The predicted octanol–water partition coefficient (Wildman–Crippen LogP) is 2.18. The number of rotatable bonds is 5. The van der Waals surface area contributed by atoms with Crippen LogP contribution in [-0.4, -0.2) is 58.1 Å². The topological polar surface area (TPSA) is 109 Å². The average molecular weight is 437 g/mol. The maximum Gasteiger partial charge on any atom is 0.242 e. The van der Waals surface area contributed by atoms with Gasteiger partial charge < -0.3 is 21.1 Å². The average Bonchev–Trinajstić information content (AvgIpc) is 3.30. The van der Waals surface area contributed by atoms with Crippen LogP contribution in [0.5, 0.6) is 0 Å². The standard InChI is InChI=1S/C22H36N4O3S/c1-13-18(30-12-25-13)15-7-5-14(6-8-15)10-24-20(28)17-9-16(27)11-26(17)21(29)19(23)22(2,3)4/h12,14-17,19,27H,5-11,23H2,1-4H3,(H,24,28)/t14?,15?,16-,17?,19-/m1/s1. The van der Waals surface area contributed by atoms with Crippen LogP contribution in [0.1, 0.15) is 69.4 Å². The molecular weight excluding hydrogens is 400 g/mol. The van der Waals surface area contributed by atoms with Crippen LogP contribution in [0.2, 0.25) is 0 Å². The Morgan fingerprint density at radius 3 is 2.57 bits per heavy atom. The zero-order valence-corrected chi connectivity index (χ0v) is 19.4. The third-order valence-electron chi connectivity index (χ3n) is 6.63. The van der Waals surface area contributed by atoms with E-state index >= 15 is 0 Å². The number of β-amino-alcohol motifs (C(OH)–C–C–N with tert-alkyl or cyclic N) is 1. The number of carbonyl (C=O) groups is 2. The van der Waals surface area contributed by atoms with Crippen LogP contribution in [0.4, 0.5) is 0 Å². The highest BCUT2D eigenvalue weighted by molar-refractivity contribution is 7.09. The van der Waals surface area contributed by atoms with Crippen LogP contribution in [0, 0.1) is 18.3 Å². The van der Waals surface area contributed by atoms with E-state index in [0.29, 0.717) is 18.4 Å². The molecule has 0 aromatic carbocycles. The lowest BCUT2D eigenvalue weighted by Gasteiger charge is -2.33. The summed E-state index contributed by atoms with van der Waals surface area (Å²) >= 11 is 1.75. The molecule has 2 aliphatic rings. The summed E-state index contributed by atoms with van der Waals surface area (Å²) in [7, 11) is 0. The number of aliphatic hydroxyl groups excluding tert-OH is 1. The fourth-order valence-corrected chi connectivity index (χ4v) is 5.53. The highest BCUT2D eigenvalue weighted by atomic mass is 32.1. The molecule has 4 N–H and O–H groups in total. The molecule has 1 unspecified atom stereocenters. The first-order valence-corrected chi connectivity index (χ1v) is 11.9. The molecule has 1 aliphatic heterocycles. The summed E-state index contributed by atoms with van der Waals surface area (Å²) < 4.78 is 0. The third kappa shape index (κ3) is 5.21. The van der Waals surface area contributed by atoms with E-state index in [4.69, 9.17) is 5.73 Å². The molecule has 7 nitrogen and oxygen atoms in total. The lowest BCUT2D eigenvalue weighted by molar-refractivity contribution is -0.141. The Bertz CT molecular complexity index is 752. The normalized spacial score (nSPS) is 28.4. The summed E-state index contributed by atoms with van der Waals surface area (Å²) in [4.78, 5) is 32.9. The Labute approximate surface area is 183 Å². The molecule has 0 bridgehead atoms. The largest absolute Gasteiger partial charge is 0.391 e. The Balaban J connectivity index is 1.51.